The summed E-state index contributed by atoms with van der Waals surface area (Å²) in [7, 11) is 0. The van der Waals surface area contributed by atoms with Gasteiger partial charge in [-0.25, -0.2) is 0 Å². The topological polar surface area (TPSA) is 18.5 Å². The maximum atomic E-state index is 12.5. The fraction of sp³-hybridized carbons (Fsp3) is 0.176. The molecule has 0 atom stereocenters. The Morgan fingerprint density at radius 1 is 1.14 bits per heavy atom. The summed E-state index contributed by atoms with van der Waals surface area (Å²) in [6, 6.07) is 10.8. The average molecular weight is 306 g/mol. The molecule has 0 aliphatic carbocycles. The van der Waals surface area contributed by atoms with Gasteiger partial charge in [-0.1, -0.05) is 18.1 Å². The van der Waals surface area contributed by atoms with Crippen LogP contribution in [0.2, 0.25) is 0 Å². The van der Waals surface area contributed by atoms with Gasteiger partial charge in [-0.15, -0.1) is 19.6 Å². The monoisotopic (exact) mass is 306 g/mol. The molecule has 0 aliphatic rings. The first-order valence-corrected chi connectivity index (χ1v) is 6.52. The number of halogens is 3. The molecule has 0 unspecified atom stereocenters. The van der Waals surface area contributed by atoms with Crippen molar-refractivity contribution in [2.75, 3.05) is 6.61 Å². The molecular weight excluding hydrogens is 293 g/mol. The minimum absolute atomic E-state index is 0.259. The molecule has 2 aromatic rings. The fourth-order valence-corrected chi connectivity index (χ4v) is 1.98. The zero-order valence-corrected chi connectivity index (χ0v) is 11.8. The summed E-state index contributed by atoms with van der Waals surface area (Å²) in [4.78, 5) is 0. The van der Waals surface area contributed by atoms with Crippen LogP contribution in [-0.2, 0) is 0 Å². The highest BCUT2D eigenvalue weighted by Gasteiger charge is 2.32. The minimum atomic E-state index is -4.77. The van der Waals surface area contributed by atoms with Crippen molar-refractivity contribution in [3.05, 3.63) is 48.0 Å². The zero-order chi connectivity index (χ0) is 16.2. The van der Waals surface area contributed by atoms with Crippen LogP contribution in [0, 0.1) is 12.3 Å². The molecule has 2 aromatic carbocycles. The highest BCUT2D eigenvalue weighted by Crippen LogP contribution is 2.35. The first-order chi connectivity index (χ1) is 10.4. The van der Waals surface area contributed by atoms with E-state index in [4.69, 9.17) is 11.2 Å². The molecule has 2 nitrogen and oxygen atoms in total. The normalized spacial score (nSPS) is 10.9. The van der Waals surface area contributed by atoms with Gasteiger partial charge in [-0.2, -0.15) is 0 Å². The average Bonchev–Trinajstić information content (AvgIpc) is 2.47. The Hall–Kier alpha value is -2.61. The third-order valence-electron chi connectivity index (χ3n) is 2.83. The number of terminal acetylenes is 1. The van der Waals surface area contributed by atoms with Crippen molar-refractivity contribution in [2.24, 2.45) is 0 Å². The van der Waals surface area contributed by atoms with E-state index in [2.05, 4.69) is 10.7 Å². The summed E-state index contributed by atoms with van der Waals surface area (Å²) in [5, 5.41) is 0. The summed E-state index contributed by atoms with van der Waals surface area (Å²) in [6.45, 7) is 2.28. The predicted molar refractivity (Wildman–Crippen MR) is 77.7 cm³/mol. The minimum Gasteiger partial charge on any atom is -0.494 e. The number of hydrogen-bond acceptors (Lipinski definition) is 2. The van der Waals surface area contributed by atoms with Crippen molar-refractivity contribution in [1.82, 2.24) is 0 Å². The lowest BCUT2D eigenvalue weighted by Gasteiger charge is -2.14. The lowest BCUT2D eigenvalue weighted by Crippen LogP contribution is -2.17. The molecule has 0 bridgehead atoms. The maximum Gasteiger partial charge on any atom is 0.573 e. The number of alkyl halides is 3. The van der Waals surface area contributed by atoms with E-state index in [1.807, 2.05) is 6.92 Å². The summed E-state index contributed by atoms with van der Waals surface area (Å²) < 4.78 is 47.0. The Bertz CT molecular complexity index is 700. The summed E-state index contributed by atoms with van der Waals surface area (Å²) >= 11 is 0. The van der Waals surface area contributed by atoms with Gasteiger partial charge in [0.2, 0.25) is 0 Å². The van der Waals surface area contributed by atoms with Crippen molar-refractivity contribution in [2.45, 2.75) is 13.3 Å². The lowest BCUT2D eigenvalue weighted by atomic mass is 10.0. The van der Waals surface area contributed by atoms with Crippen LogP contribution in [0.25, 0.3) is 11.1 Å². The van der Waals surface area contributed by atoms with E-state index in [0.717, 1.165) is 0 Å². The lowest BCUT2D eigenvalue weighted by molar-refractivity contribution is -0.274. The fourth-order valence-electron chi connectivity index (χ4n) is 1.98. The molecule has 114 valence electrons. The SMILES string of the molecule is C#Cc1ccc(OC(F)(F)F)c(-c2cccc(OCC)c2)c1. The van der Waals surface area contributed by atoms with E-state index < -0.39 is 6.36 Å². The molecule has 0 heterocycles. The van der Waals surface area contributed by atoms with Gasteiger partial charge in [0.05, 0.1) is 6.61 Å². The van der Waals surface area contributed by atoms with Gasteiger partial charge in [0.25, 0.3) is 0 Å². The Morgan fingerprint density at radius 3 is 2.55 bits per heavy atom. The molecule has 0 amide bonds. The van der Waals surface area contributed by atoms with Crippen LogP contribution >= 0.6 is 0 Å². The first-order valence-electron chi connectivity index (χ1n) is 6.52. The largest absolute Gasteiger partial charge is 0.573 e. The molecule has 0 N–H and O–H groups in total. The smallest absolute Gasteiger partial charge is 0.494 e. The van der Waals surface area contributed by atoms with E-state index in [1.165, 1.54) is 18.2 Å². The molecule has 0 saturated carbocycles. The van der Waals surface area contributed by atoms with Gasteiger partial charge in [0, 0.05) is 11.1 Å². The highest BCUT2D eigenvalue weighted by atomic mass is 19.4. The van der Waals surface area contributed by atoms with E-state index in [1.54, 1.807) is 24.3 Å². The van der Waals surface area contributed by atoms with Gasteiger partial charge >= 0.3 is 6.36 Å². The van der Waals surface area contributed by atoms with Crippen molar-refractivity contribution < 1.29 is 22.6 Å². The van der Waals surface area contributed by atoms with Crippen LogP contribution in [-0.4, -0.2) is 13.0 Å². The molecule has 0 radical (unpaired) electrons. The van der Waals surface area contributed by atoms with Crippen molar-refractivity contribution >= 4 is 0 Å². The third-order valence-corrected chi connectivity index (χ3v) is 2.83. The Balaban J connectivity index is 2.51. The summed E-state index contributed by atoms with van der Waals surface area (Å²) in [5.41, 5.74) is 1.25. The number of rotatable bonds is 4. The zero-order valence-electron chi connectivity index (χ0n) is 11.8. The summed E-state index contributed by atoms with van der Waals surface area (Å²) in [5.74, 6) is 2.65. The second-order valence-electron chi connectivity index (χ2n) is 4.36. The van der Waals surface area contributed by atoms with Gasteiger partial charge in [0.15, 0.2) is 0 Å². The van der Waals surface area contributed by atoms with Crippen LogP contribution in [0.15, 0.2) is 42.5 Å². The Labute approximate surface area is 126 Å². The van der Waals surface area contributed by atoms with Gasteiger partial charge < -0.3 is 9.47 Å². The molecule has 5 heteroatoms. The van der Waals surface area contributed by atoms with Crippen LogP contribution < -0.4 is 9.47 Å². The molecule has 2 rings (SSSR count). The van der Waals surface area contributed by atoms with Crippen LogP contribution in [0.4, 0.5) is 13.2 Å². The van der Waals surface area contributed by atoms with Crippen molar-refractivity contribution in [3.8, 4) is 35.0 Å². The Kier molecular flexibility index (Phi) is 4.62. The first kappa shape index (κ1) is 15.8. The predicted octanol–water partition coefficient (Wildman–Crippen LogP) is 4.63. The number of benzene rings is 2. The van der Waals surface area contributed by atoms with E-state index in [-0.39, 0.29) is 11.3 Å². The molecular formula is C17H13F3O2. The molecule has 0 spiro atoms. The quantitative estimate of drug-likeness (QED) is 0.767. The second-order valence-corrected chi connectivity index (χ2v) is 4.36. The molecule has 22 heavy (non-hydrogen) atoms. The van der Waals surface area contributed by atoms with E-state index >= 15 is 0 Å². The molecule has 0 saturated heterocycles. The van der Waals surface area contributed by atoms with Gasteiger partial charge in [-0.05, 0) is 42.8 Å². The van der Waals surface area contributed by atoms with Gasteiger partial charge in [-0.3, -0.25) is 0 Å². The van der Waals surface area contributed by atoms with Gasteiger partial charge in [0.1, 0.15) is 11.5 Å². The number of hydrogen-bond donors (Lipinski definition) is 0. The maximum absolute atomic E-state index is 12.5. The molecule has 0 aromatic heterocycles. The van der Waals surface area contributed by atoms with Crippen LogP contribution in [0.1, 0.15) is 12.5 Å². The summed E-state index contributed by atoms with van der Waals surface area (Å²) in [6.07, 6.45) is 0.540. The highest BCUT2D eigenvalue weighted by molar-refractivity contribution is 5.73. The standard InChI is InChI=1S/C17H13F3O2/c1-3-12-8-9-16(22-17(18,19)20)15(10-12)13-6-5-7-14(11-13)21-4-2/h1,5-11H,4H2,2H3. The third kappa shape index (κ3) is 3.95. The molecule has 0 fully saturated rings. The number of ether oxygens (including phenoxy) is 2. The second kappa shape index (κ2) is 6.44. The van der Waals surface area contributed by atoms with E-state index in [0.29, 0.717) is 23.5 Å². The van der Waals surface area contributed by atoms with E-state index in [9.17, 15) is 13.2 Å². The Morgan fingerprint density at radius 2 is 1.91 bits per heavy atom. The molecule has 0 aliphatic heterocycles. The van der Waals surface area contributed by atoms with Crippen LogP contribution in [0.3, 0.4) is 0 Å². The van der Waals surface area contributed by atoms with Crippen molar-refractivity contribution in [3.63, 3.8) is 0 Å². The van der Waals surface area contributed by atoms with Crippen molar-refractivity contribution in [1.29, 1.82) is 0 Å². The van der Waals surface area contributed by atoms with Crippen LogP contribution in [0.5, 0.6) is 11.5 Å².